The number of hydrogen-bond donors (Lipinski definition) is 1. The summed E-state index contributed by atoms with van der Waals surface area (Å²) in [6.07, 6.45) is 4.95. The summed E-state index contributed by atoms with van der Waals surface area (Å²) >= 11 is 0. The smallest absolute Gasteiger partial charge is 0.322 e. The zero-order valence-corrected chi connectivity index (χ0v) is 14.6. The van der Waals surface area contributed by atoms with E-state index in [2.05, 4.69) is 5.32 Å². The summed E-state index contributed by atoms with van der Waals surface area (Å²) in [5.41, 5.74) is 0.233. The highest BCUT2D eigenvalue weighted by atomic mass is 19.2. The van der Waals surface area contributed by atoms with Crippen LogP contribution in [0.1, 0.15) is 32.1 Å². The molecule has 26 heavy (non-hydrogen) atoms. The molecule has 0 unspecified atom stereocenters. The molecule has 1 aliphatic carbocycles. The van der Waals surface area contributed by atoms with Gasteiger partial charge in [-0.3, -0.25) is 4.79 Å². The Morgan fingerprint density at radius 3 is 2.50 bits per heavy atom. The maximum atomic E-state index is 13.4. The van der Waals surface area contributed by atoms with Gasteiger partial charge in [0.05, 0.1) is 6.04 Å². The number of nitrogens with zero attached hydrogens (tertiary/aromatic N) is 2. The first-order chi connectivity index (χ1) is 12.5. The fraction of sp³-hybridized carbons (Fsp3) is 0.579. The van der Waals surface area contributed by atoms with Crippen LogP contribution in [0.4, 0.5) is 19.3 Å². The third-order valence-electron chi connectivity index (χ3n) is 5.91. The predicted molar refractivity (Wildman–Crippen MR) is 92.5 cm³/mol. The molecule has 1 N–H and O–H groups in total. The van der Waals surface area contributed by atoms with Gasteiger partial charge >= 0.3 is 6.03 Å². The molecule has 4 aliphatic rings. The SMILES string of the molecule is O=C(C1CCC1)N1C[C@@H]2CC[C@H](C1)N(C(=O)Nc1ccc(F)c(F)c1)C2. The second kappa shape index (κ2) is 6.85. The standard InChI is InChI=1S/C19H23F2N3O2/c20-16-7-5-14(8-17(16)21)22-19(26)24-10-12-4-6-15(24)11-23(9-12)18(25)13-2-1-3-13/h5,7-8,12-13,15H,1-4,6,9-11H2,(H,22,26)/t12-,15+/m0/s1. The highest BCUT2D eigenvalue weighted by molar-refractivity contribution is 5.89. The van der Waals surface area contributed by atoms with E-state index in [-0.39, 0.29) is 35.5 Å². The minimum absolute atomic E-state index is 0.0249. The van der Waals surface area contributed by atoms with Crippen molar-refractivity contribution in [2.24, 2.45) is 11.8 Å². The molecule has 1 saturated carbocycles. The van der Waals surface area contributed by atoms with Gasteiger partial charge in [-0.15, -0.1) is 0 Å². The number of benzene rings is 1. The minimum Gasteiger partial charge on any atom is -0.340 e. The van der Waals surface area contributed by atoms with Crippen molar-refractivity contribution in [1.82, 2.24) is 9.80 Å². The zero-order chi connectivity index (χ0) is 18.3. The van der Waals surface area contributed by atoms with Crippen molar-refractivity contribution in [3.05, 3.63) is 29.8 Å². The molecule has 5 rings (SSSR count). The molecular formula is C19H23F2N3O2. The second-order valence-electron chi connectivity index (χ2n) is 7.68. The van der Waals surface area contributed by atoms with Crippen LogP contribution >= 0.6 is 0 Å². The molecule has 0 radical (unpaired) electrons. The topological polar surface area (TPSA) is 52.7 Å². The first-order valence-corrected chi connectivity index (χ1v) is 9.32. The molecule has 3 heterocycles. The number of hydrogen-bond acceptors (Lipinski definition) is 2. The lowest BCUT2D eigenvalue weighted by Crippen LogP contribution is -2.49. The largest absolute Gasteiger partial charge is 0.340 e. The van der Waals surface area contributed by atoms with Gasteiger partial charge in [-0.1, -0.05) is 6.42 Å². The Hall–Kier alpha value is -2.18. The monoisotopic (exact) mass is 363 g/mol. The summed E-state index contributed by atoms with van der Waals surface area (Å²) < 4.78 is 26.4. The lowest BCUT2D eigenvalue weighted by molar-refractivity contribution is -0.138. The Morgan fingerprint density at radius 1 is 1.00 bits per heavy atom. The normalized spacial score (nSPS) is 25.6. The summed E-state index contributed by atoms with van der Waals surface area (Å²) in [7, 11) is 0. The molecular weight excluding hydrogens is 340 g/mol. The van der Waals surface area contributed by atoms with Gasteiger partial charge in [0.15, 0.2) is 11.6 Å². The van der Waals surface area contributed by atoms with Crippen LogP contribution in [0.15, 0.2) is 18.2 Å². The number of fused-ring (bicyclic) bond motifs is 4. The lowest BCUT2D eigenvalue weighted by Gasteiger charge is -2.36. The predicted octanol–water partition coefficient (Wildman–Crippen LogP) is 3.22. The fourth-order valence-corrected chi connectivity index (χ4v) is 4.19. The van der Waals surface area contributed by atoms with Crippen molar-refractivity contribution in [2.75, 3.05) is 25.0 Å². The Morgan fingerprint density at radius 2 is 1.81 bits per heavy atom. The Kier molecular flexibility index (Phi) is 4.54. The zero-order valence-electron chi connectivity index (χ0n) is 14.6. The van der Waals surface area contributed by atoms with E-state index < -0.39 is 11.6 Å². The van der Waals surface area contributed by atoms with Gasteiger partial charge in [0.25, 0.3) is 0 Å². The van der Waals surface area contributed by atoms with Gasteiger partial charge in [-0.25, -0.2) is 13.6 Å². The molecule has 2 bridgehead atoms. The Labute approximate surface area is 151 Å². The summed E-state index contributed by atoms with van der Waals surface area (Å²) in [6, 6.07) is 2.99. The summed E-state index contributed by atoms with van der Waals surface area (Å²) in [4.78, 5) is 29.0. The molecule has 0 spiro atoms. The fourth-order valence-electron chi connectivity index (χ4n) is 4.19. The van der Waals surface area contributed by atoms with E-state index in [1.807, 2.05) is 4.90 Å². The average molecular weight is 363 g/mol. The maximum absolute atomic E-state index is 13.4. The number of piperidine rings is 1. The van der Waals surface area contributed by atoms with E-state index in [1.54, 1.807) is 4.90 Å². The highest BCUT2D eigenvalue weighted by Crippen LogP contribution is 2.33. The van der Waals surface area contributed by atoms with E-state index >= 15 is 0 Å². The molecule has 2 atom stereocenters. The molecule has 3 amide bonds. The number of carbonyl (C=O) groups excluding carboxylic acids is 2. The van der Waals surface area contributed by atoms with Crippen molar-refractivity contribution < 1.29 is 18.4 Å². The number of nitrogens with one attached hydrogen (secondary N) is 1. The van der Waals surface area contributed by atoms with Crippen LogP contribution < -0.4 is 5.32 Å². The quantitative estimate of drug-likeness (QED) is 0.877. The first kappa shape index (κ1) is 17.2. The van der Waals surface area contributed by atoms with E-state index in [0.717, 1.165) is 44.2 Å². The number of carbonyl (C=O) groups is 2. The van der Waals surface area contributed by atoms with Gasteiger partial charge in [-0.2, -0.15) is 0 Å². The summed E-state index contributed by atoms with van der Waals surface area (Å²) in [5.74, 6) is -1.26. The van der Waals surface area contributed by atoms with Crippen LogP contribution in [-0.2, 0) is 4.79 Å². The van der Waals surface area contributed by atoms with Gasteiger partial charge in [0.1, 0.15) is 0 Å². The van der Waals surface area contributed by atoms with E-state index in [4.69, 9.17) is 0 Å². The van der Waals surface area contributed by atoms with Gasteiger partial charge in [-0.05, 0) is 43.7 Å². The maximum Gasteiger partial charge on any atom is 0.322 e. The lowest BCUT2D eigenvalue weighted by atomic mass is 9.84. The number of amides is 3. The van der Waals surface area contributed by atoms with E-state index in [9.17, 15) is 18.4 Å². The van der Waals surface area contributed by atoms with E-state index in [0.29, 0.717) is 19.6 Å². The number of halogens is 2. The molecule has 1 aromatic carbocycles. The van der Waals surface area contributed by atoms with Crippen molar-refractivity contribution in [2.45, 2.75) is 38.1 Å². The summed E-state index contributed by atoms with van der Waals surface area (Å²) in [6.45, 7) is 1.87. The number of anilines is 1. The van der Waals surface area contributed by atoms with Crippen molar-refractivity contribution >= 4 is 17.6 Å². The summed E-state index contributed by atoms with van der Waals surface area (Å²) in [5, 5.41) is 2.66. The van der Waals surface area contributed by atoms with Crippen LogP contribution in [0.25, 0.3) is 0 Å². The average Bonchev–Trinajstić information content (AvgIpc) is 2.88. The molecule has 3 saturated heterocycles. The van der Waals surface area contributed by atoms with Crippen molar-refractivity contribution in [3.63, 3.8) is 0 Å². The first-order valence-electron chi connectivity index (χ1n) is 9.32. The van der Waals surface area contributed by atoms with Crippen LogP contribution in [-0.4, -0.2) is 47.4 Å². The van der Waals surface area contributed by atoms with Crippen LogP contribution in [0.5, 0.6) is 0 Å². The number of rotatable bonds is 2. The van der Waals surface area contributed by atoms with Crippen LogP contribution in [0.2, 0.25) is 0 Å². The molecule has 0 aromatic heterocycles. The molecule has 4 fully saturated rings. The molecule has 3 aliphatic heterocycles. The molecule has 7 heteroatoms. The Balaban J connectivity index is 1.44. The van der Waals surface area contributed by atoms with Crippen molar-refractivity contribution in [1.29, 1.82) is 0 Å². The second-order valence-corrected chi connectivity index (χ2v) is 7.68. The van der Waals surface area contributed by atoms with Gasteiger partial charge < -0.3 is 15.1 Å². The van der Waals surface area contributed by atoms with E-state index in [1.165, 1.54) is 6.07 Å². The molecule has 5 nitrogen and oxygen atoms in total. The minimum atomic E-state index is -0.988. The highest BCUT2D eigenvalue weighted by Gasteiger charge is 2.40. The number of urea groups is 1. The third-order valence-corrected chi connectivity index (χ3v) is 5.91. The van der Waals surface area contributed by atoms with Gasteiger partial charge in [0.2, 0.25) is 5.91 Å². The molecule has 1 aromatic rings. The van der Waals surface area contributed by atoms with Crippen molar-refractivity contribution in [3.8, 4) is 0 Å². The van der Waals surface area contributed by atoms with Gasteiger partial charge in [0, 0.05) is 37.3 Å². The molecule has 140 valence electrons. The third kappa shape index (κ3) is 3.27. The van der Waals surface area contributed by atoms with Crippen LogP contribution in [0, 0.1) is 23.5 Å². The Bertz CT molecular complexity index is 723. The van der Waals surface area contributed by atoms with Crippen LogP contribution in [0.3, 0.4) is 0 Å².